The molecule has 0 aliphatic heterocycles. The van der Waals surface area contributed by atoms with E-state index in [2.05, 4.69) is 26.6 Å². The predicted octanol–water partition coefficient (Wildman–Crippen LogP) is 2.50. The van der Waals surface area contributed by atoms with Crippen LogP contribution in [0.2, 0.25) is 5.02 Å². The van der Waals surface area contributed by atoms with E-state index >= 15 is 0 Å². The Morgan fingerprint density at radius 3 is 3.00 bits per heavy atom. The fraction of sp³-hybridized carbons (Fsp3) is 0.182. The Morgan fingerprint density at radius 1 is 1.53 bits per heavy atom. The van der Waals surface area contributed by atoms with E-state index in [1.807, 2.05) is 6.92 Å². The lowest BCUT2D eigenvalue weighted by Crippen LogP contribution is -2.09. The monoisotopic (exact) mass is 247 g/mol. The Balaban J connectivity index is 2.22. The van der Waals surface area contributed by atoms with E-state index in [4.69, 9.17) is 16.9 Å². The van der Waals surface area contributed by atoms with Crippen LogP contribution in [0.1, 0.15) is 24.4 Å². The maximum Gasteiger partial charge on any atom is 0.146 e. The molecule has 2 N–H and O–H groups in total. The first-order valence-electron chi connectivity index (χ1n) is 5.02. The normalized spacial score (nSPS) is 11.8. The molecule has 5 nitrogen and oxygen atoms in total. The Hall–Kier alpha value is -2.06. The molecule has 1 unspecified atom stereocenters. The maximum atomic E-state index is 9.00. The number of hydrogen-bond acceptors (Lipinski definition) is 4. The summed E-state index contributed by atoms with van der Waals surface area (Å²) in [5.41, 5.74) is 1.23. The average Bonchev–Trinajstić information content (AvgIpc) is 2.85. The maximum absolute atomic E-state index is 9.00. The number of H-pyrrole nitrogens is 1. The van der Waals surface area contributed by atoms with E-state index in [9.17, 15) is 0 Å². The van der Waals surface area contributed by atoms with Gasteiger partial charge in [-0.1, -0.05) is 11.6 Å². The van der Waals surface area contributed by atoms with Gasteiger partial charge in [-0.15, -0.1) is 0 Å². The summed E-state index contributed by atoms with van der Waals surface area (Å²) in [6.07, 6.45) is 1.45. The SMILES string of the molecule is CC(Nc1ccc(Cl)cc1C#N)c1ncn[nH]1. The van der Waals surface area contributed by atoms with E-state index in [1.54, 1.807) is 18.2 Å². The van der Waals surface area contributed by atoms with E-state index < -0.39 is 0 Å². The van der Waals surface area contributed by atoms with Crippen LogP contribution in [0.15, 0.2) is 24.5 Å². The van der Waals surface area contributed by atoms with Gasteiger partial charge in [0, 0.05) is 5.02 Å². The van der Waals surface area contributed by atoms with Crippen molar-refractivity contribution in [2.75, 3.05) is 5.32 Å². The molecule has 0 amide bonds. The summed E-state index contributed by atoms with van der Waals surface area (Å²) in [5.74, 6) is 0.712. The van der Waals surface area contributed by atoms with Gasteiger partial charge >= 0.3 is 0 Å². The van der Waals surface area contributed by atoms with Gasteiger partial charge in [-0.3, -0.25) is 5.10 Å². The highest BCUT2D eigenvalue weighted by molar-refractivity contribution is 6.30. The van der Waals surface area contributed by atoms with Crippen LogP contribution < -0.4 is 5.32 Å². The third kappa shape index (κ3) is 2.55. The van der Waals surface area contributed by atoms with Crippen molar-refractivity contribution in [3.8, 4) is 6.07 Å². The average molecular weight is 248 g/mol. The van der Waals surface area contributed by atoms with Crippen molar-refractivity contribution in [3.63, 3.8) is 0 Å². The minimum absolute atomic E-state index is 0.0641. The summed E-state index contributed by atoms with van der Waals surface area (Å²) in [4.78, 5) is 4.05. The van der Waals surface area contributed by atoms with Gasteiger partial charge in [0.2, 0.25) is 0 Å². The van der Waals surface area contributed by atoms with Crippen molar-refractivity contribution in [1.29, 1.82) is 5.26 Å². The molecule has 0 spiro atoms. The summed E-state index contributed by atoms with van der Waals surface area (Å²) in [6.45, 7) is 1.93. The molecule has 0 radical (unpaired) electrons. The van der Waals surface area contributed by atoms with Crippen molar-refractivity contribution >= 4 is 17.3 Å². The van der Waals surface area contributed by atoms with Gasteiger partial charge in [0.1, 0.15) is 18.2 Å². The molecular weight excluding hydrogens is 238 g/mol. The molecular formula is C11H10ClN5. The highest BCUT2D eigenvalue weighted by Gasteiger charge is 2.10. The fourth-order valence-corrected chi connectivity index (χ4v) is 1.63. The van der Waals surface area contributed by atoms with Crippen molar-refractivity contribution < 1.29 is 0 Å². The molecule has 2 rings (SSSR count). The van der Waals surface area contributed by atoms with Crippen molar-refractivity contribution in [2.45, 2.75) is 13.0 Å². The molecule has 1 aromatic carbocycles. The minimum Gasteiger partial charge on any atom is -0.374 e. The molecule has 1 heterocycles. The summed E-state index contributed by atoms with van der Waals surface area (Å²) in [6, 6.07) is 7.16. The largest absolute Gasteiger partial charge is 0.374 e. The fourth-order valence-electron chi connectivity index (χ4n) is 1.46. The zero-order chi connectivity index (χ0) is 12.3. The van der Waals surface area contributed by atoms with Crippen LogP contribution in [-0.4, -0.2) is 15.2 Å². The zero-order valence-electron chi connectivity index (χ0n) is 9.11. The molecule has 0 aliphatic rings. The number of aromatic nitrogens is 3. The number of nitriles is 1. The first kappa shape index (κ1) is 11.4. The zero-order valence-corrected chi connectivity index (χ0v) is 9.86. The Morgan fingerprint density at radius 2 is 2.35 bits per heavy atom. The topological polar surface area (TPSA) is 77.4 Å². The standard InChI is InChI=1S/C11H10ClN5/c1-7(11-14-6-15-17-11)16-10-3-2-9(12)4-8(10)5-13/h2-4,6-7,16H,1H3,(H,14,15,17). The first-order valence-corrected chi connectivity index (χ1v) is 5.40. The number of hydrogen-bond donors (Lipinski definition) is 2. The van der Waals surface area contributed by atoms with Crippen LogP contribution in [0.3, 0.4) is 0 Å². The molecule has 0 aliphatic carbocycles. The van der Waals surface area contributed by atoms with Crippen LogP contribution >= 0.6 is 11.6 Å². The molecule has 86 valence electrons. The molecule has 1 aromatic heterocycles. The summed E-state index contributed by atoms with van der Waals surface area (Å²) >= 11 is 5.82. The van der Waals surface area contributed by atoms with Gasteiger partial charge in [-0.25, -0.2) is 4.98 Å². The predicted molar refractivity (Wildman–Crippen MR) is 64.6 cm³/mol. The van der Waals surface area contributed by atoms with Crippen molar-refractivity contribution in [3.05, 3.63) is 40.9 Å². The smallest absolute Gasteiger partial charge is 0.146 e. The summed E-state index contributed by atoms with van der Waals surface area (Å²) < 4.78 is 0. The van der Waals surface area contributed by atoms with E-state index in [0.29, 0.717) is 16.4 Å². The molecule has 0 saturated carbocycles. The quantitative estimate of drug-likeness (QED) is 0.874. The molecule has 1 atom stereocenters. The second kappa shape index (κ2) is 4.85. The Labute approximate surface area is 103 Å². The van der Waals surface area contributed by atoms with E-state index in [1.165, 1.54) is 6.33 Å². The number of halogens is 1. The third-order valence-electron chi connectivity index (χ3n) is 2.32. The molecule has 0 saturated heterocycles. The summed E-state index contributed by atoms with van der Waals surface area (Å²) in [7, 11) is 0. The van der Waals surface area contributed by atoms with Gasteiger partial charge in [0.15, 0.2) is 0 Å². The number of rotatable bonds is 3. The molecule has 2 aromatic rings. The lowest BCUT2D eigenvalue weighted by molar-refractivity contribution is 0.795. The second-order valence-electron chi connectivity index (χ2n) is 3.54. The highest BCUT2D eigenvalue weighted by Crippen LogP contribution is 2.23. The number of aromatic amines is 1. The third-order valence-corrected chi connectivity index (χ3v) is 2.55. The molecule has 0 bridgehead atoms. The highest BCUT2D eigenvalue weighted by atomic mass is 35.5. The van der Waals surface area contributed by atoms with Crippen molar-refractivity contribution in [2.24, 2.45) is 0 Å². The van der Waals surface area contributed by atoms with Gasteiger partial charge in [-0.05, 0) is 25.1 Å². The van der Waals surface area contributed by atoms with Crippen molar-refractivity contribution in [1.82, 2.24) is 15.2 Å². The lowest BCUT2D eigenvalue weighted by Gasteiger charge is -2.13. The first-order chi connectivity index (χ1) is 8.20. The van der Waals surface area contributed by atoms with Gasteiger partial charge in [-0.2, -0.15) is 10.4 Å². The van der Waals surface area contributed by atoms with Gasteiger partial charge in [0.05, 0.1) is 17.3 Å². The van der Waals surface area contributed by atoms with Crippen LogP contribution in [0.5, 0.6) is 0 Å². The van der Waals surface area contributed by atoms with E-state index in [0.717, 1.165) is 5.69 Å². The molecule has 0 fully saturated rings. The second-order valence-corrected chi connectivity index (χ2v) is 3.97. The van der Waals surface area contributed by atoms with Gasteiger partial charge < -0.3 is 5.32 Å². The number of anilines is 1. The number of nitrogens with zero attached hydrogens (tertiary/aromatic N) is 3. The van der Waals surface area contributed by atoms with Gasteiger partial charge in [0.25, 0.3) is 0 Å². The lowest BCUT2D eigenvalue weighted by atomic mass is 10.1. The van der Waals surface area contributed by atoms with Crippen LogP contribution in [0.25, 0.3) is 0 Å². The Kier molecular flexibility index (Phi) is 3.26. The van der Waals surface area contributed by atoms with Crippen LogP contribution in [-0.2, 0) is 0 Å². The van der Waals surface area contributed by atoms with Crippen LogP contribution in [0, 0.1) is 11.3 Å². The number of benzene rings is 1. The summed E-state index contributed by atoms with van der Waals surface area (Å²) in [5, 5.41) is 19.3. The molecule has 17 heavy (non-hydrogen) atoms. The number of nitrogens with one attached hydrogen (secondary N) is 2. The van der Waals surface area contributed by atoms with Crippen LogP contribution in [0.4, 0.5) is 5.69 Å². The minimum atomic E-state index is -0.0641. The Bertz CT molecular complexity index is 543. The molecule has 6 heteroatoms. The van der Waals surface area contributed by atoms with E-state index in [-0.39, 0.29) is 6.04 Å².